The van der Waals surface area contributed by atoms with Gasteiger partial charge in [-0.25, -0.2) is 4.98 Å². The lowest BCUT2D eigenvalue weighted by atomic mass is 10.2. The molecule has 0 fully saturated rings. The Labute approximate surface area is 149 Å². The van der Waals surface area contributed by atoms with E-state index >= 15 is 0 Å². The highest BCUT2D eigenvalue weighted by molar-refractivity contribution is 7.99. The largest absolute Gasteiger partial charge is 0.497 e. The van der Waals surface area contributed by atoms with Crippen molar-refractivity contribution in [3.63, 3.8) is 0 Å². The molecular formula is C16H19N5O3S. The number of benzene rings is 1. The number of aryl methyl sites for hydroxylation is 1. The predicted octanol–water partition coefficient (Wildman–Crippen LogP) is 3.29. The van der Waals surface area contributed by atoms with E-state index in [2.05, 4.69) is 25.4 Å². The van der Waals surface area contributed by atoms with Crippen LogP contribution < -0.4 is 9.47 Å². The van der Waals surface area contributed by atoms with Gasteiger partial charge in [-0.15, -0.1) is 15.3 Å². The number of thioether (sulfide) groups is 1. The van der Waals surface area contributed by atoms with E-state index in [-0.39, 0.29) is 5.25 Å². The van der Waals surface area contributed by atoms with E-state index < -0.39 is 0 Å². The van der Waals surface area contributed by atoms with E-state index in [0.717, 1.165) is 5.56 Å². The van der Waals surface area contributed by atoms with Crippen LogP contribution in [0.3, 0.4) is 0 Å². The van der Waals surface area contributed by atoms with Gasteiger partial charge in [0.25, 0.3) is 0 Å². The molecule has 1 atom stereocenters. The van der Waals surface area contributed by atoms with Crippen molar-refractivity contribution in [1.29, 1.82) is 0 Å². The van der Waals surface area contributed by atoms with Gasteiger partial charge in [-0.3, -0.25) is 5.10 Å². The zero-order valence-corrected chi connectivity index (χ0v) is 15.3. The number of aromatic nitrogens is 5. The Balaban J connectivity index is 1.78. The van der Waals surface area contributed by atoms with Gasteiger partial charge in [0.1, 0.15) is 11.5 Å². The van der Waals surface area contributed by atoms with Crippen LogP contribution in [0.5, 0.6) is 11.5 Å². The highest BCUT2D eigenvalue weighted by Gasteiger charge is 2.18. The van der Waals surface area contributed by atoms with Gasteiger partial charge in [-0.05, 0) is 19.1 Å². The first-order chi connectivity index (χ1) is 12.1. The number of nitrogens with zero attached hydrogens (tertiary/aromatic N) is 4. The maximum atomic E-state index is 5.58. The minimum Gasteiger partial charge on any atom is -0.497 e. The maximum Gasteiger partial charge on any atom is 0.229 e. The summed E-state index contributed by atoms with van der Waals surface area (Å²) in [6.07, 6.45) is 0.715. The summed E-state index contributed by atoms with van der Waals surface area (Å²) in [5.74, 6) is 3.18. The molecule has 9 heteroatoms. The van der Waals surface area contributed by atoms with Gasteiger partial charge in [-0.2, -0.15) is 0 Å². The molecule has 0 saturated carbocycles. The summed E-state index contributed by atoms with van der Waals surface area (Å²) in [5.41, 5.74) is 0.807. The van der Waals surface area contributed by atoms with Gasteiger partial charge in [0.15, 0.2) is 5.82 Å². The Bertz CT molecular complexity index is 848. The first-order valence-corrected chi connectivity index (χ1v) is 8.66. The monoisotopic (exact) mass is 361 g/mol. The van der Waals surface area contributed by atoms with Crippen molar-refractivity contribution in [3.05, 3.63) is 30.0 Å². The van der Waals surface area contributed by atoms with Crippen molar-refractivity contribution in [2.24, 2.45) is 0 Å². The van der Waals surface area contributed by atoms with Crippen molar-refractivity contribution in [2.75, 3.05) is 14.2 Å². The van der Waals surface area contributed by atoms with Crippen LogP contribution in [0.15, 0.2) is 27.8 Å². The molecule has 132 valence electrons. The Hall–Kier alpha value is -2.55. The van der Waals surface area contributed by atoms with Gasteiger partial charge in [0.2, 0.25) is 16.9 Å². The average molecular weight is 361 g/mol. The highest BCUT2D eigenvalue weighted by atomic mass is 32.2. The third-order valence-electron chi connectivity index (χ3n) is 3.54. The summed E-state index contributed by atoms with van der Waals surface area (Å²) >= 11 is 1.44. The van der Waals surface area contributed by atoms with Crippen LogP contribution in [0.2, 0.25) is 0 Å². The molecule has 2 heterocycles. The molecule has 0 aliphatic carbocycles. The molecule has 25 heavy (non-hydrogen) atoms. The first kappa shape index (κ1) is 17.3. The van der Waals surface area contributed by atoms with Crippen molar-refractivity contribution < 1.29 is 13.9 Å². The molecule has 2 aromatic heterocycles. The van der Waals surface area contributed by atoms with E-state index in [1.807, 2.05) is 26.0 Å². The molecule has 0 aliphatic heterocycles. The third-order valence-corrected chi connectivity index (χ3v) is 4.49. The Morgan fingerprint density at radius 3 is 2.76 bits per heavy atom. The van der Waals surface area contributed by atoms with Crippen molar-refractivity contribution >= 4 is 11.8 Å². The number of ether oxygens (including phenoxy) is 2. The maximum absolute atomic E-state index is 5.58. The number of aromatic amines is 1. The second-order valence-corrected chi connectivity index (χ2v) is 6.49. The molecule has 0 amide bonds. The van der Waals surface area contributed by atoms with Crippen LogP contribution >= 0.6 is 11.8 Å². The zero-order chi connectivity index (χ0) is 17.8. The smallest absolute Gasteiger partial charge is 0.229 e. The molecular weight excluding hydrogens is 342 g/mol. The van der Waals surface area contributed by atoms with Crippen LogP contribution in [0.25, 0.3) is 11.4 Å². The van der Waals surface area contributed by atoms with Crippen LogP contribution in [-0.4, -0.2) is 39.6 Å². The van der Waals surface area contributed by atoms with Crippen LogP contribution in [0.4, 0.5) is 0 Å². The van der Waals surface area contributed by atoms with E-state index in [1.165, 1.54) is 11.8 Å². The normalized spacial score (nSPS) is 12.2. The SMILES string of the molecule is CCc1nnc([C@@H](C)Sc2n[nH]c(-c3ccc(OC)cc3OC)n2)o1. The number of hydrogen-bond acceptors (Lipinski definition) is 8. The fourth-order valence-electron chi connectivity index (χ4n) is 2.20. The molecule has 0 spiro atoms. The van der Waals surface area contributed by atoms with Crippen LogP contribution in [0, 0.1) is 0 Å². The lowest BCUT2D eigenvalue weighted by molar-refractivity contribution is 0.395. The average Bonchev–Trinajstić information content (AvgIpc) is 3.30. The summed E-state index contributed by atoms with van der Waals surface area (Å²) < 4.78 is 16.2. The van der Waals surface area contributed by atoms with Gasteiger partial charge in [0.05, 0.1) is 25.0 Å². The lowest BCUT2D eigenvalue weighted by Gasteiger charge is -2.07. The summed E-state index contributed by atoms with van der Waals surface area (Å²) in [6.45, 7) is 3.94. The summed E-state index contributed by atoms with van der Waals surface area (Å²) in [4.78, 5) is 4.52. The summed E-state index contributed by atoms with van der Waals surface area (Å²) in [7, 11) is 3.22. The Morgan fingerprint density at radius 2 is 2.08 bits per heavy atom. The summed E-state index contributed by atoms with van der Waals surface area (Å²) in [5, 5.41) is 15.8. The van der Waals surface area contributed by atoms with E-state index in [0.29, 0.717) is 40.7 Å². The lowest BCUT2D eigenvalue weighted by Crippen LogP contribution is -1.92. The summed E-state index contributed by atoms with van der Waals surface area (Å²) in [6, 6.07) is 5.53. The fraction of sp³-hybridized carbons (Fsp3) is 0.375. The molecule has 3 rings (SSSR count). The quantitative estimate of drug-likeness (QED) is 0.640. The number of methoxy groups -OCH3 is 2. The Morgan fingerprint density at radius 1 is 1.24 bits per heavy atom. The van der Waals surface area contributed by atoms with Crippen LogP contribution in [0.1, 0.15) is 30.9 Å². The molecule has 3 aromatic rings. The minimum absolute atomic E-state index is 0.0470. The van der Waals surface area contributed by atoms with E-state index in [9.17, 15) is 0 Å². The number of nitrogens with one attached hydrogen (secondary N) is 1. The molecule has 1 N–H and O–H groups in total. The van der Waals surface area contributed by atoms with Crippen molar-refractivity contribution in [1.82, 2.24) is 25.4 Å². The van der Waals surface area contributed by atoms with Gasteiger partial charge < -0.3 is 13.9 Å². The molecule has 0 aliphatic rings. The molecule has 8 nitrogen and oxygen atoms in total. The molecule has 0 bridgehead atoms. The predicted molar refractivity (Wildman–Crippen MR) is 92.9 cm³/mol. The minimum atomic E-state index is -0.0470. The second-order valence-electron chi connectivity index (χ2n) is 5.18. The highest BCUT2D eigenvalue weighted by Crippen LogP contribution is 2.35. The van der Waals surface area contributed by atoms with Crippen molar-refractivity contribution in [2.45, 2.75) is 30.7 Å². The standard InChI is InChI=1S/C16H19N5O3S/c1-5-13-18-20-15(24-13)9(2)25-16-17-14(19-21-16)11-7-6-10(22-3)8-12(11)23-4/h6-9H,5H2,1-4H3,(H,17,19,21)/t9-/m1/s1. The third kappa shape index (κ3) is 3.76. The van der Waals surface area contributed by atoms with Gasteiger partial charge in [0, 0.05) is 12.5 Å². The van der Waals surface area contributed by atoms with Gasteiger partial charge in [-0.1, -0.05) is 18.7 Å². The topological polar surface area (TPSA) is 99.0 Å². The molecule has 0 radical (unpaired) electrons. The zero-order valence-electron chi connectivity index (χ0n) is 14.4. The molecule has 1 aromatic carbocycles. The number of rotatable bonds is 7. The van der Waals surface area contributed by atoms with E-state index in [1.54, 1.807) is 20.3 Å². The van der Waals surface area contributed by atoms with E-state index in [4.69, 9.17) is 13.9 Å². The molecule has 0 saturated heterocycles. The van der Waals surface area contributed by atoms with Crippen LogP contribution in [-0.2, 0) is 6.42 Å². The first-order valence-electron chi connectivity index (χ1n) is 7.78. The fourth-order valence-corrected chi connectivity index (χ4v) is 2.95. The second kappa shape index (κ2) is 7.56. The number of H-pyrrole nitrogens is 1. The molecule has 0 unspecified atom stereocenters. The Kier molecular flexibility index (Phi) is 5.22. The number of hydrogen-bond donors (Lipinski definition) is 1. The van der Waals surface area contributed by atoms with Gasteiger partial charge >= 0.3 is 0 Å². The van der Waals surface area contributed by atoms with Crippen molar-refractivity contribution in [3.8, 4) is 22.9 Å².